The molecule has 5 heterocycles. The van der Waals surface area contributed by atoms with Crippen molar-refractivity contribution < 1.29 is 23.9 Å². The maximum absolute atomic E-state index is 13.2. The summed E-state index contributed by atoms with van der Waals surface area (Å²) < 4.78 is 6.21. The van der Waals surface area contributed by atoms with Crippen molar-refractivity contribution in [2.75, 3.05) is 75.3 Å². The summed E-state index contributed by atoms with van der Waals surface area (Å²) in [5.41, 5.74) is 4.15. The summed E-state index contributed by atoms with van der Waals surface area (Å²) in [6.45, 7) is 9.30. The van der Waals surface area contributed by atoms with Gasteiger partial charge in [-0.2, -0.15) is 0 Å². The van der Waals surface area contributed by atoms with Crippen LogP contribution in [-0.4, -0.2) is 116 Å². The van der Waals surface area contributed by atoms with Gasteiger partial charge in [-0.3, -0.25) is 39.2 Å². The van der Waals surface area contributed by atoms with Crippen LogP contribution in [0.25, 0.3) is 0 Å². The van der Waals surface area contributed by atoms with Crippen molar-refractivity contribution in [3.8, 4) is 0 Å². The molecule has 0 bridgehead atoms. The number of rotatable bonds is 11. The summed E-state index contributed by atoms with van der Waals surface area (Å²) in [4.78, 5) is 63.5. The maximum Gasteiger partial charge on any atom is 0.262 e. The molecule has 3 aromatic rings. The third kappa shape index (κ3) is 6.53. The van der Waals surface area contributed by atoms with Crippen LogP contribution in [0, 0.1) is 0 Å². The van der Waals surface area contributed by atoms with E-state index in [1.165, 1.54) is 21.2 Å². The number of nitrogens with zero attached hydrogens (tertiary/aromatic N) is 5. The molecule has 260 valence electrons. The molecule has 12 heteroatoms. The molecule has 0 aliphatic carbocycles. The maximum atomic E-state index is 13.2. The van der Waals surface area contributed by atoms with Crippen LogP contribution in [0.5, 0.6) is 0 Å². The second-order valence-corrected chi connectivity index (χ2v) is 14.7. The summed E-state index contributed by atoms with van der Waals surface area (Å²) >= 11 is 1.86. The molecule has 50 heavy (non-hydrogen) atoms. The van der Waals surface area contributed by atoms with Crippen molar-refractivity contribution in [3.05, 3.63) is 77.9 Å². The Morgan fingerprint density at radius 3 is 2.14 bits per heavy atom. The Hall–Kier alpha value is -4.23. The minimum atomic E-state index is -0.952. The minimum Gasteiger partial charge on any atom is -0.376 e. The number of benzene rings is 3. The summed E-state index contributed by atoms with van der Waals surface area (Å²) in [5, 5.41) is 2.24. The van der Waals surface area contributed by atoms with Crippen LogP contribution in [0.3, 0.4) is 0 Å². The highest BCUT2D eigenvalue weighted by Gasteiger charge is 2.44. The molecule has 5 aliphatic rings. The van der Waals surface area contributed by atoms with Crippen LogP contribution in [0.2, 0.25) is 0 Å². The molecular formula is C38H42N6O5S. The van der Waals surface area contributed by atoms with E-state index in [1.54, 1.807) is 12.1 Å². The highest BCUT2D eigenvalue weighted by molar-refractivity contribution is 7.99. The first-order valence-corrected chi connectivity index (χ1v) is 18.5. The van der Waals surface area contributed by atoms with Crippen LogP contribution in [-0.2, 0) is 14.3 Å². The summed E-state index contributed by atoms with van der Waals surface area (Å²) in [6.07, 6.45) is 2.68. The lowest BCUT2D eigenvalue weighted by molar-refractivity contribution is -0.136. The number of fused-ring (bicyclic) bond motifs is 3. The number of piperazine rings is 1. The smallest absolute Gasteiger partial charge is 0.262 e. The first kappa shape index (κ1) is 32.9. The van der Waals surface area contributed by atoms with Crippen molar-refractivity contribution >= 4 is 52.5 Å². The van der Waals surface area contributed by atoms with Gasteiger partial charge in [0.2, 0.25) is 11.8 Å². The van der Waals surface area contributed by atoms with E-state index in [-0.39, 0.29) is 18.7 Å². The van der Waals surface area contributed by atoms with E-state index in [4.69, 9.17) is 4.74 Å². The van der Waals surface area contributed by atoms with Crippen molar-refractivity contribution in [3.63, 3.8) is 0 Å². The van der Waals surface area contributed by atoms with Crippen LogP contribution < -0.4 is 15.1 Å². The lowest BCUT2D eigenvalue weighted by atomic mass is 10.0. The molecule has 3 saturated heterocycles. The molecule has 3 fully saturated rings. The number of hydrogen-bond donors (Lipinski definition) is 1. The molecule has 0 aromatic heterocycles. The average molecular weight is 695 g/mol. The van der Waals surface area contributed by atoms with Crippen molar-refractivity contribution in [2.45, 2.75) is 47.6 Å². The fourth-order valence-electron chi connectivity index (χ4n) is 7.71. The molecule has 1 atom stereocenters. The lowest BCUT2D eigenvalue weighted by Gasteiger charge is -2.40. The van der Waals surface area contributed by atoms with Crippen LogP contribution in [0.4, 0.5) is 17.1 Å². The minimum absolute atomic E-state index is 0.107. The Morgan fingerprint density at radius 1 is 0.740 bits per heavy atom. The predicted molar refractivity (Wildman–Crippen MR) is 191 cm³/mol. The molecule has 0 spiro atoms. The van der Waals surface area contributed by atoms with Gasteiger partial charge in [0.15, 0.2) is 0 Å². The average Bonchev–Trinajstić information content (AvgIpc) is 3.36. The molecule has 3 aromatic carbocycles. The first-order valence-electron chi connectivity index (χ1n) is 17.7. The molecule has 1 unspecified atom stereocenters. The zero-order chi connectivity index (χ0) is 34.2. The Bertz CT molecular complexity index is 1760. The first-order chi connectivity index (χ1) is 24.4. The largest absolute Gasteiger partial charge is 0.376 e. The molecule has 11 nitrogen and oxygen atoms in total. The number of likely N-dealkylation sites (tertiary alicyclic amines) is 1. The number of nitrogens with one attached hydrogen (secondary N) is 1. The fraction of sp³-hybridized carbons (Fsp3) is 0.421. The van der Waals surface area contributed by atoms with Crippen molar-refractivity contribution in [1.82, 2.24) is 20.0 Å². The van der Waals surface area contributed by atoms with E-state index >= 15 is 0 Å². The Balaban J connectivity index is 0.732. The highest BCUT2D eigenvalue weighted by atomic mass is 32.2. The van der Waals surface area contributed by atoms with Gasteiger partial charge < -0.3 is 14.5 Å². The lowest BCUT2D eigenvalue weighted by Crippen LogP contribution is -2.54. The molecule has 5 aliphatic heterocycles. The monoisotopic (exact) mass is 694 g/mol. The number of para-hydroxylation sites is 2. The summed E-state index contributed by atoms with van der Waals surface area (Å²) in [7, 11) is 0. The van der Waals surface area contributed by atoms with Crippen LogP contribution >= 0.6 is 11.8 Å². The van der Waals surface area contributed by atoms with Gasteiger partial charge >= 0.3 is 0 Å². The van der Waals surface area contributed by atoms with E-state index in [0.717, 1.165) is 88.9 Å². The number of hydrogen-bond acceptors (Lipinski definition) is 10. The zero-order valence-corrected chi connectivity index (χ0v) is 28.9. The predicted octanol–water partition coefficient (Wildman–Crippen LogP) is 3.99. The number of carbonyl (C=O) groups excluding carboxylic acids is 4. The SMILES string of the molecule is O=C1CCC(N2C(=O)c3ccc(N4CCN(CCCOC5CN(CCCN6c7ccccc7Sc7ccccc76)C5)CC4)cc3C2=O)C(=O)N1. The molecule has 0 radical (unpaired) electrons. The van der Waals surface area contributed by atoms with Crippen molar-refractivity contribution in [1.29, 1.82) is 0 Å². The number of imide groups is 2. The van der Waals surface area contributed by atoms with E-state index in [2.05, 4.69) is 73.4 Å². The van der Waals surface area contributed by atoms with Gasteiger partial charge in [-0.25, -0.2) is 0 Å². The van der Waals surface area contributed by atoms with Gasteiger partial charge in [-0.05, 0) is 61.7 Å². The molecule has 4 amide bonds. The number of anilines is 3. The quantitative estimate of drug-likeness (QED) is 0.234. The molecule has 0 saturated carbocycles. The molecule has 8 rings (SSSR count). The number of amides is 4. The number of ether oxygens (including phenoxy) is 1. The topological polar surface area (TPSA) is 106 Å². The van der Waals surface area contributed by atoms with Gasteiger partial charge in [-0.15, -0.1) is 0 Å². The third-order valence-corrected chi connectivity index (χ3v) is 11.6. The second-order valence-electron chi connectivity index (χ2n) is 13.7. The van der Waals surface area contributed by atoms with Crippen LogP contribution in [0.1, 0.15) is 46.4 Å². The summed E-state index contributed by atoms with van der Waals surface area (Å²) in [6, 6.07) is 21.8. The van der Waals surface area contributed by atoms with Crippen molar-refractivity contribution in [2.24, 2.45) is 0 Å². The van der Waals surface area contributed by atoms with Gasteiger partial charge in [0.1, 0.15) is 6.04 Å². The Morgan fingerprint density at radius 2 is 1.42 bits per heavy atom. The number of piperidine rings is 1. The van der Waals surface area contributed by atoms with E-state index in [9.17, 15) is 19.2 Å². The number of carbonyl (C=O) groups is 4. The van der Waals surface area contributed by atoms with E-state index < -0.39 is 23.8 Å². The van der Waals surface area contributed by atoms with Crippen LogP contribution in [0.15, 0.2) is 76.5 Å². The zero-order valence-electron chi connectivity index (χ0n) is 28.1. The molecular weight excluding hydrogens is 653 g/mol. The standard InChI is InChI=1S/C38H42N6O5S/c45-35-14-13-32(36(46)39-35)44-37(47)28-12-11-26(23-29(28)38(44)48)42-20-18-40(19-21-42)16-6-22-49-27-24-41(25-27)15-5-17-43-30-7-1-3-9-33(30)50-34-10-4-2-8-31(34)43/h1-4,7-12,23,27,32H,5-6,13-22,24-25H2,(H,39,45,46). The fourth-order valence-corrected chi connectivity index (χ4v) is 8.80. The van der Waals surface area contributed by atoms with Gasteiger partial charge in [0.25, 0.3) is 11.8 Å². The normalized spacial score (nSPS) is 21.2. The molecule has 1 N–H and O–H groups in total. The third-order valence-electron chi connectivity index (χ3n) is 10.4. The van der Waals surface area contributed by atoms with Gasteiger partial charge in [0.05, 0.1) is 28.6 Å². The van der Waals surface area contributed by atoms with Gasteiger partial charge in [-0.1, -0.05) is 36.0 Å². The van der Waals surface area contributed by atoms with E-state index in [0.29, 0.717) is 17.2 Å². The second kappa shape index (κ2) is 14.2. The Labute approximate surface area is 296 Å². The summed E-state index contributed by atoms with van der Waals surface area (Å²) in [5.74, 6) is -1.92. The van der Waals surface area contributed by atoms with Gasteiger partial charge in [0, 0.05) is 87.4 Å². The Kier molecular flexibility index (Phi) is 9.34. The van der Waals surface area contributed by atoms with E-state index in [1.807, 2.05) is 17.8 Å². The highest BCUT2D eigenvalue weighted by Crippen LogP contribution is 2.47.